The van der Waals surface area contributed by atoms with E-state index in [0.717, 1.165) is 34.4 Å². The van der Waals surface area contributed by atoms with Gasteiger partial charge in [-0.25, -0.2) is 9.78 Å². The molecule has 0 saturated carbocycles. The number of thioether (sulfide) groups is 1. The van der Waals surface area contributed by atoms with Crippen molar-refractivity contribution >= 4 is 80.0 Å². The highest BCUT2D eigenvalue weighted by molar-refractivity contribution is 8.26. The van der Waals surface area contributed by atoms with Crippen molar-refractivity contribution in [2.75, 3.05) is 11.9 Å². The van der Waals surface area contributed by atoms with E-state index in [2.05, 4.69) is 10.3 Å². The fourth-order valence-corrected chi connectivity index (χ4v) is 6.61. The minimum Gasteiger partial charge on any atom is -0.476 e. The van der Waals surface area contributed by atoms with E-state index >= 15 is 0 Å². The van der Waals surface area contributed by atoms with Gasteiger partial charge in [-0.05, 0) is 53.8 Å². The topological polar surface area (TPSA) is 99.6 Å². The number of halogens is 6. The highest BCUT2D eigenvalue weighted by Gasteiger charge is 2.37. The first-order chi connectivity index (χ1) is 19.0. The average Bonchev–Trinajstić information content (AvgIpc) is 3.54. The van der Waals surface area contributed by atoms with Crippen LogP contribution in [0.3, 0.4) is 0 Å². The molecule has 4 rings (SSSR count). The third-order valence-electron chi connectivity index (χ3n) is 5.50. The van der Waals surface area contributed by atoms with Crippen molar-refractivity contribution in [3.63, 3.8) is 0 Å². The predicted octanol–water partition coefficient (Wildman–Crippen LogP) is 7.15. The molecule has 2 aromatic heterocycles. The number of carboxylic acids is 1. The van der Waals surface area contributed by atoms with Crippen LogP contribution in [0.4, 0.5) is 31.5 Å². The molecule has 0 unspecified atom stereocenters. The highest BCUT2D eigenvalue weighted by Crippen LogP contribution is 2.40. The Balaban J connectivity index is 1.46. The fraction of sp³-hybridized carbons (Fsp3) is 0.208. The molecule has 3 aromatic rings. The number of aromatic carboxylic acids is 1. The monoisotopic (exact) mass is 651 g/mol. The van der Waals surface area contributed by atoms with Gasteiger partial charge in [0, 0.05) is 22.7 Å². The Morgan fingerprint density at radius 3 is 2.27 bits per heavy atom. The lowest BCUT2D eigenvalue weighted by atomic mass is 10.0. The molecule has 41 heavy (non-hydrogen) atoms. The summed E-state index contributed by atoms with van der Waals surface area (Å²) in [6, 6.07) is 2.66. The standard InChI is InChI=1S/C24H15F6N3O4S4/c1-10-18(20(36)37)32-21(40-10)31-17(34)2-3-33-19(35)16(41-22(33)38)8-15-6-12(9-39-15)11-4-13(23(25,26)27)7-14(5-11)24(28,29)30/h4-9H,2-3H2,1H3,(H,36,37)(H,31,32,34). The summed E-state index contributed by atoms with van der Waals surface area (Å²) in [6.45, 7) is 1.45. The van der Waals surface area contributed by atoms with Crippen molar-refractivity contribution < 1.29 is 45.8 Å². The van der Waals surface area contributed by atoms with Crippen molar-refractivity contribution in [2.45, 2.75) is 25.7 Å². The second kappa shape index (κ2) is 11.5. The zero-order valence-electron chi connectivity index (χ0n) is 20.3. The molecule has 2 N–H and O–H groups in total. The minimum absolute atomic E-state index is 0.0493. The van der Waals surface area contributed by atoms with Crippen LogP contribution in [0.25, 0.3) is 17.2 Å². The molecule has 0 bridgehead atoms. The first-order valence-corrected chi connectivity index (χ1v) is 14.1. The Hall–Kier alpha value is -3.28. The molecule has 1 aliphatic heterocycles. The zero-order valence-corrected chi connectivity index (χ0v) is 23.6. The van der Waals surface area contributed by atoms with Crippen molar-refractivity contribution in [1.82, 2.24) is 9.88 Å². The number of hydrogen-bond acceptors (Lipinski definition) is 8. The van der Waals surface area contributed by atoms with Crippen molar-refractivity contribution in [2.24, 2.45) is 0 Å². The number of benzene rings is 1. The fourth-order valence-electron chi connectivity index (χ4n) is 3.57. The summed E-state index contributed by atoms with van der Waals surface area (Å²) in [7, 11) is 0. The molecular weight excluding hydrogens is 637 g/mol. The molecule has 1 aromatic carbocycles. The zero-order chi connectivity index (χ0) is 30.3. The summed E-state index contributed by atoms with van der Waals surface area (Å²) in [6.07, 6.45) is -8.74. The molecule has 216 valence electrons. The SMILES string of the molecule is Cc1sc(NC(=O)CCN2C(=O)C(=Cc3cc(-c4cc(C(F)(F)F)cc(C(F)(F)F)c4)cs3)SC2=S)nc1C(=O)O. The van der Waals surface area contributed by atoms with Crippen LogP contribution >= 0.6 is 46.7 Å². The molecule has 1 fully saturated rings. The van der Waals surface area contributed by atoms with Gasteiger partial charge in [0.2, 0.25) is 5.91 Å². The van der Waals surface area contributed by atoms with E-state index in [4.69, 9.17) is 17.3 Å². The van der Waals surface area contributed by atoms with Gasteiger partial charge in [-0.1, -0.05) is 24.0 Å². The number of nitrogens with zero attached hydrogens (tertiary/aromatic N) is 2. The smallest absolute Gasteiger partial charge is 0.416 e. The number of aryl methyl sites for hydroxylation is 1. The van der Waals surface area contributed by atoms with Crippen molar-refractivity contribution in [3.05, 3.63) is 61.1 Å². The molecule has 1 saturated heterocycles. The number of anilines is 1. The Kier molecular flexibility index (Phi) is 8.63. The number of thiophene rings is 1. The number of thiazole rings is 1. The van der Waals surface area contributed by atoms with E-state index in [1.165, 1.54) is 22.4 Å². The van der Waals surface area contributed by atoms with Crippen LogP contribution in [0.5, 0.6) is 0 Å². The Labute approximate surface area is 244 Å². The van der Waals surface area contributed by atoms with E-state index < -0.39 is 41.3 Å². The minimum atomic E-state index is -4.99. The van der Waals surface area contributed by atoms with Gasteiger partial charge < -0.3 is 10.4 Å². The Bertz CT molecular complexity index is 1560. The van der Waals surface area contributed by atoms with E-state index in [1.807, 2.05) is 0 Å². The molecule has 0 spiro atoms. The lowest BCUT2D eigenvalue weighted by Gasteiger charge is -2.13. The van der Waals surface area contributed by atoms with Gasteiger partial charge in [-0.3, -0.25) is 14.5 Å². The highest BCUT2D eigenvalue weighted by atomic mass is 32.2. The molecule has 0 atom stereocenters. The van der Waals surface area contributed by atoms with E-state index in [1.54, 1.807) is 6.92 Å². The first kappa shape index (κ1) is 30.7. The number of carbonyl (C=O) groups is 3. The number of alkyl halides is 6. The molecular formula is C24H15F6N3O4S4. The number of carbonyl (C=O) groups excluding carboxylic acids is 2. The van der Waals surface area contributed by atoms with Gasteiger partial charge in [0.25, 0.3) is 5.91 Å². The van der Waals surface area contributed by atoms with Crippen molar-refractivity contribution in [1.29, 1.82) is 0 Å². The van der Waals surface area contributed by atoms with Gasteiger partial charge in [-0.15, -0.1) is 22.7 Å². The summed E-state index contributed by atoms with van der Waals surface area (Å²) in [4.78, 5) is 42.3. The molecule has 1 aliphatic rings. The summed E-state index contributed by atoms with van der Waals surface area (Å²) >= 11 is 8.15. The maximum atomic E-state index is 13.2. The predicted molar refractivity (Wildman–Crippen MR) is 147 cm³/mol. The van der Waals surface area contributed by atoms with Gasteiger partial charge in [0.1, 0.15) is 4.32 Å². The van der Waals surface area contributed by atoms with Gasteiger partial charge in [-0.2, -0.15) is 26.3 Å². The van der Waals surface area contributed by atoms with Crippen LogP contribution in [0, 0.1) is 6.92 Å². The molecule has 17 heteroatoms. The van der Waals surface area contributed by atoms with Crippen LogP contribution in [0.15, 0.2) is 34.6 Å². The van der Waals surface area contributed by atoms with Gasteiger partial charge in [0.05, 0.1) is 16.0 Å². The molecule has 0 aliphatic carbocycles. The lowest BCUT2D eigenvalue weighted by molar-refractivity contribution is -0.143. The van der Waals surface area contributed by atoms with E-state index in [-0.39, 0.29) is 50.2 Å². The maximum Gasteiger partial charge on any atom is 0.416 e. The quantitative estimate of drug-likeness (QED) is 0.159. The number of nitrogens with one attached hydrogen (secondary N) is 1. The third kappa shape index (κ3) is 7.14. The molecule has 0 radical (unpaired) electrons. The first-order valence-electron chi connectivity index (χ1n) is 11.2. The van der Waals surface area contributed by atoms with E-state index in [9.17, 15) is 40.7 Å². The second-order valence-electron chi connectivity index (χ2n) is 8.39. The van der Waals surface area contributed by atoms with Crippen LogP contribution < -0.4 is 5.32 Å². The maximum absolute atomic E-state index is 13.2. The number of hydrogen-bond donors (Lipinski definition) is 2. The summed E-state index contributed by atoms with van der Waals surface area (Å²) in [5.74, 6) is -2.29. The van der Waals surface area contributed by atoms with Crippen LogP contribution in [0.2, 0.25) is 0 Å². The number of rotatable bonds is 7. The van der Waals surface area contributed by atoms with Gasteiger partial charge in [0.15, 0.2) is 10.8 Å². The number of amides is 2. The summed E-state index contributed by atoms with van der Waals surface area (Å²) in [5, 5.41) is 13.0. The van der Waals surface area contributed by atoms with Crippen LogP contribution in [0.1, 0.15) is 37.8 Å². The van der Waals surface area contributed by atoms with Crippen LogP contribution in [-0.2, 0) is 21.9 Å². The van der Waals surface area contributed by atoms with Crippen LogP contribution in [-0.4, -0.2) is 43.6 Å². The average molecular weight is 652 g/mol. The summed E-state index contributed by atoms with van der Waals surface area (Å²) in [5.41, 5.74) is -3.24. The molecule has 3 heterocycles. The Morgan fingerprint density at radius 1 is 1.07 bits per heavy atom. The molecule has 2 amide bonds. The van der Waals surface area contributed by atoms with E-state index in [0.29, 0.717) is 21.9 Å². The number of carboxylic acid groups (broad SMARTS) is 1. The summed E-state index contributed by atoms with van der Waals surface area (Å²) < 4.78 is 79.5. The second-order valence-corrected chi connectivity index (χ2v) is 12.2. The largest absolute Gasteiger partial charge is 0.476 e. The third-order valence-corrected chi connectivity index (χ3v) is 8.64. The normalized spacial score (nSPS) is 15.2. The van der Waals surface area contributed by atoms with Gasteiger partial charge >= 0.3 is 18.3 Å². The van der Waals surface area contributed by atoms with Crippen molar-refractivity contribution in [3.8, 4) is 11.1 Å². The molecule has 7 nitrogen and oxygen atoms in total. The Morgan fingerprint density at radius 2 is 1.71 bits per heavy atom. The lowest BCUT2D eigenvalue weighted by Crippen LogP contribution is -2.31. The number of thiocarbonyl (C=S) groups is 1. The number of aromatic nitrogens is 1.